The number of hydrogen-bond donors (Lipinski definition) is 1. The molecule has 1 aromatic heterocycles. The molecule has 0 unspecified atom stereocenters. The summed E-state index contributed by atoms with van der Waals surface area (Å²) in [5, 5.41) is 3.68. The van der Waals surface area contributed by atoms with Gasteiger partial charge in [-0.3, -0.25) is 4.79 Å². The summed E-state index contributed by atoms with van der Waals surface area (Å²) in [5.74, 6) is -0.168. The van der Waals surface area contributed by atoms with E-state index in [1.165, 1.54) is 0 Å². The largest absolute Gasteiger partial charge is 0.318 e. The van der Waals surface area contributed by atoms with Gasteiger partial charge in [-0.05, 0) is 18.6 Å². The monoisotopic (exact) mass is 309 g/mol. The summed E-state index contributed by atoms with van der Waals surface area (Å²) in [7, 11) is 0. The van der Waals surface area contributed by atoms with E-state index in [0.717, 1.165) is 11.3 Å². The minimum absolute atomic E-state index is 0.168. The Morgan fingerprint density at radius 1 is 1.20 bits per heavy atom. The van der Waals surface area contributed by atoms with Gasteiger partial charge in [-0.1, -0.05) is 35.3 Å². The molecule has 0 radical (unpaired) electrons. The van der Waals surface area contributed by atoms with Crippen LogP contribution in [0.25, 0.3) is 0 Å². The smallest absolute Gasteiger partial charge is 0.290 e. The predicted octanol–water partition coefficient (Wildman–Crippen LogP) is 3.54. The molecule has 1 N–H and O–H groups in total. The quantitative estimate of drug-likeness (QED) is 0.864. The summed E-state index contributed by atoms with van der Waals surface area (Å²) in [6, 6.07) is 9.29. The van der Waals surface area contributed by atoms with Gasteiger partial charge in [-0.2, -0.15) is 4.57 Å². The Balaban J connectivity index is 2.17. The lowest BCUT2D eigenvalue weighted by Crippen LogP contribution is -2.42. The van der Waals surface area contributed by atoms with Gasteiger partial charge in [0, 0.05) is 19.1 Å². The first-order valence-corrected chi connectivity index (χ1v) is 6.94. The van der Waals surface area contributed by atoms with Crippen LogP contribution in [0.1, 0.15) is 11.3 Å². The molecular weight excluding hydrogens is 295 g/mol. The second-order valence-electron chi connectivity index (χ2n) is 4.57. The van der Waals surface area contributed by atoms with Gasteiger partial charge in [-0.15, -0.1) is 0 Å². The van der Waals surface area contributed by atoms with E-state index in [9.17, 15) is 4.79 Å². The first-order chi connectivity index (χ1) is 9.49. The van der Waals surface area contributed by atoms with E-state index in [1.54, 1.807) is 6.07 Å². The van der Waals surface area contributed by atoms with E-state index < -0.39 is 0 Å². The van der Waals surface area contributed by atoms with Gasteiger partial charge in [0.05, 0.1) is 15.7 Å². The Hall–Kier alpha value is -1.58. The molecule has 0 aliphatic heterocycles. The zero-order chi connectivity index (χ0) is 14.7. The van der Waals surface area contributed by atoms with Crippen LogP contribution in [0.5, 0.6) is 0 Å². The highest BCUT2D eigenvalue weighted by molar-refractivity contribution is 6.40. The molecule has 20 heavy (non-hydrogen) atoms. The first-order valence-electron chi connectivity index (χ1n) is 6.18. The number of nitrogens with one attached hydrogen (secondary N) is 1. The van der Waals surface area contributed by atoms with Gasteiger partial charge in [0.15, 0.2) is 11.9 Å². The van der Waals surface area contributed by atoms with Gasteiger partial charge >= 0.3 is 0 Å². The van der Waals surface area contributed by atoms with Gasteiger partial charge in [0.25, 0.3) is 5.91 Å². The van der Waals surface area contributed by atoms with Crippen LogP contribution in [-0.2, 0) is 11.3 Å². The van der Waals surface area contributed by atoms with Crippen molar-refractivity contribution in [1.82, 2.24) is 0 Å². The van der Waals surface area contributed by atoms with Gasteiger partial charge in [0.2, 0.25) is 6.54 Å². The molecule has 3 nitrogen and oxygen atoms in total. The number of benzene rings is 1. The maximum atomic E-state index is 12.1. The van der Waals surface area contributed by atoms with Crippen molar-refractivity contribution in [2.45, 2.75) is 20.4 Å². The van der Waals surface area contributed by atoms with Crippen LogP contribution in [0.3, 0.4) is 0 Å². The molecule has 2 rings (SSSR count). The number of halogens is 2. The van der Waals surface area contributed by atoms with Crippen LogP contribution in [-0.4, -0.2) is 5.91 Å². The Morgan fingerprint density at radius 3 is 2.65 bits per heavy atom. The number of nitrogens with zero attached hydrogens (tertiary/aromatic N) is 1. The van der Waals surface area contributed by atoms with Crippen LogP contribution in [0, 0.1) is 13.8 Å². The molecule has 0 spiro atoms. The lowest BCUT2D eigenvalue weighted by atomic mass is 10.2. The van der Waals surface area contributed by atoms with Crippen molar-refractivity contribution in [1.29, 1.82) is 0 Å². The van der Waals surface area contributed by atoms with E-state index in [1.807, 2.05) is 48.9 Å². The van der Waals surface area contributed by atoms with Crippen LogP contribution in [0.2, 0.25) is 10.0 Å². The predicted molar refractivity (Wildman–Crippen MR) is 81.2 cm³/mol. The summed E-state index contributed by atoms with van der Waals surface area (Å²) in [4.78, 5) is 12.1. The molecule has 2 aromatic rings. The molecule has 1 aromatic carbocycles. The van der Waals surface area contributed by atoms with Crippen molar-refractivity contribution < 1.29 is 9.36 Å². The summed E-state index contributed by atoms with van der Waals surface area (Å²) in [6.07, 6.45) is 1.86. The topological polar surface area (TPSA) is 33.0 Å². The average molecular weight is 310 g/mol. The van der Waals surface area contributed by atoms with Crippen molar-refractivity contribution >= 4 is 34.8 Å². The molecule has 0 bridgehead atoms. The molecule has 104 valence electrons. The van der Waals surface area contributed by atoms with Gasteiger partial charge < -0.3 is 5.32 Å². The Morgan fingerprint density at radius 2 is 1.95 bits per heavy atom. The number of hydrogen-bond acceptors (Lipinski definition) is 1. The first kappa shape index (κ1) is 14.8. The van der Waals surface area contributed by atoms with Crippen molar-refractivity contribution in [3.63, 3.8) is 0 Å². The minimum Gasteiger partial charge on any atom is -0.318 e. The number of carbonyl (C=O) groups excluding carboxylic acids is 1. The lowest BCUT2D eigenvalue weighted by Gasteiger charge is -2.10. The molecule has 0 saturated carbocycles. The van der Waals surface area contributed by atoms with E-state index in [2.05, 4.69) is 5.32 Å². The molecule has 0 saturated heterocycles. The van der Waals surface area contributed by atoms with Crippen LogP contribution in [0.15, 0.2) is 36.5 Å². The van der Waals surface area contributed by atoms with Crippen molar-refractivity contribution in [2.24, 2.45) is 0 Å². The van der Waals surface area contributed by atoms with Crippen LogP contribution < -0.4 is 9.88 Å². The zero-order valence-corrected chi connectivity index (χ0v) is 12.8. The average Bonchev–Trinajstić information content (AvgIpc) is 2.42. The zero-order valence-electron chi connectivity index (χ0n) is 11.3. The molecule has 0 aliphatic rings. The summed E-state index contributed by atoms with van der Waals surface area (Å²) >= 11 is 12.2. The third-order valence-electron chi connectivity index (χ3n) is 3.03. The molecule has 1 heterocycles. The van der Waals surface area contributed by atoms with Crippen molar-refractivity contribution in [3.05, 3.63) is 57.8 Å². The molecule has 1 amide bonds. The highest BCUT2D eigenvalue weighted by atomic mass is 35.5. The Kier molecular flexibility index (Phi) is 4.63. The second-order valence-corrected chi connectivity index (χ2v) is 5.36. The number of aromatic nitrogens is 1. The van der Waals surface area contributed by atoms with E-state index in [-0.39, 0.29) is 12.5 Å². The maximum Gasteiger partial charge on any atom is 0.290 e. The number of rotatable bonds is 3. The van der Waals surface area contributed by atoms with Crippen molar-refractivity contribution in [2.75, 3.05) is 5.32 Å². The number of pyridine rings is 1. The summed E-state index contributed by atoms with van der Waals surface area (Å²) in [6.45, 7) is 4.03. The summed E-state index contributed by atoms with van der Waals surface area (Å²) in [5.41, 5.74) is 2.34. The van der Waals surface area contributed by atoms with E-state index in [4.69, 9.17) is 23.2 Å². The summed E-state index contributed by atoms with van der Waals surface area (Å²) < 4.78 is 1.85. The SMILES string of the molecule is Cc1ccc(Cl)c(NC(=O)C[n+]2ccccc2C)c1Cl. The fraction of sp³-hybridized carbons (Fsp3) is 0.200. The Labute approximate surface area is 128 Å². The minimum atomic E-state index is -0.168. The van der Waals surface area contributed by atoms with E-state index >= 15 is 0 Å². The highest BCUT2D eigenvalue weighted by Crippen LogP contribution is 2.32. The maximum absolute atomic E-state index is 12.1. The van der Waals surface area contributed by atoms with Crippen LogP contribution >= 0.6 is 23.2 Å². The number of anilines is 1. The second kappa shape index (κ2) is 6.25. The molecule has 0 atom stereocenters. The normalized spacial score (nSPS) is 10.4. The molecule has 5 heteroatoms. The highest BCUT2D eigenvalue weighted by Gasteiger charge is 2.16. The standard InChI is InChI=1S/C15H14Cl2N2O/c1-10-6-7-12(16)15(14(10)17)18-13(20)9-19-8-4-3-5-11(19)2/h3-8H,9H2,1-2H3/p+1. The number of amides is 1. The van der Waals surface area contributed by atoms with Crippen molar-refractivity contribution in [3.8, 4) is 0 Å². The third-order valence-corrected chi connectivity index (χ3v) is 3.83. The van der Waals surface area contributed by atoms with Crippen LogP contribution in [0.4, 0.5) is 5.69 Å². The van der Waals surface area contributed by atoms with E-state index in [0.29, 0.717) is 15.7 Å². The molecule has 0 fully saturated rings. The fourth-order valence-corrected chi connectivity index (χ4v) is 2.31. The number of carbonyl (C=O) groups is 1. The lowest BCUT2D eigenvalue weighted by molar-refractivity contribution is -0.690. The van der Waals surface area contributed by atoms with Gasteiger partial charge in [0.1, 0.15) is 0 Å². The fourth-order valence-electron chi connectivity index (χ4n) is 1.84. The number of aryl methyl sites for hydroxylation is 2. The molecular formula is C15H15Cl2N2O+. The molecule has 0 aliphatic carbocycles. The third kappa shape index (κ3) is 3.30. The van der Waals surface area contributed by atoms with Gasteiger partial charge in [-0.25, -0.2) is 0 Å². The Bertz CT molecular complexity index is 656.